The molecule has 0 aliphatic rings. The van der Waals surface area contributed by atoms with Gasteiger partial charge in [0, 0.05) is 11.8 Å². The number of hydrogen-bond acceptors (Lipinski definition) is 3. The molecule has 0 fully saturated rings. The standard InChI is InChI=1S/C13H12N4/c1-4-11-8-16-17(10(11)3)13-5-9(2)12(6-14)7-15-13/h4-5,7-8H,1H2,2-3H3. The van der Waals surface area contributed by atoms with Crippen LogP contribution in [0.2, 0.25) is 0 Å². The first-order valence-electron chi connectivity index (χ1n) is 5.21. The third-order valence-electron chi connectivity index (χ3n) is 2.70. The normalized spacial score (nSPS) is 9.94. The molecule has 0 aromatic carbocycles. The van der Waals surface area contributed by atoms with Gasteiger partial charge in [0.05, 0.1) is 17.5 Å². The van der Waals surface area contributed by atoms with Crippen LogP contribution in [-0.4, -0.2) is 14.8 Å². The minimum atomic E-state index is 0.586. The lowest BCUT2D eigenvalue weighted by atomic mass is 10.2. The van der Waals surface area contributed by atoms with Crippen molar-refractivity contribution in [1.82, 2.24) is 14.8 Å². The van der Waals surface area contributed by atoms with E-state index < -0.39 is 0 Å². The van der Waals surface area contributed by atoms with Crippen molar-refractivity contribution >= 4 is 6.08 Å². The Morgan fingerprint density at radius 1 is 1.41 bits per heavy atom. The molecule has 4 heteroatoms. The molecule has 0 aliphatic carbocycles. The molecule has 17 heavy (non-hydrogen) atoms. The summed E-state index contributed by atoms with van der Waals surface area (Å²) in [5.74, 6) is 0.715. The smallest absolute Gasteiger partial charge is 0.153 e. The van der Waals surface area contributed by atoms with Crippen LogP contribution >= 0.6 is 0 Å². The SMILES string of the molecule is C=Cc1cnn(-c2cc(C)c(C#N)cn2)c1C. The molecule has 2 heterocycles. The fraction of sp³-hybridized carbons (Fsp3) is 0.154. The van der Waals surface area contributed by atoms with Gasteiger partial charge in [-0.15, -0.1) is 0 Å². The van der Waals surface area contributed by atoms with Gasteiger partial charge in [0.1, 0.15) is 6.07 Å². The number of nitriles is 1. The second-order valence-electron chi connectivity index (χ2n) is 3.77. The second kappa shape index (κ2) is 4.22. The Kier molecular flexibility index (Phi) is 2.75. The first-order valence-corrected chi connectivity index (χ1v) is 5.21. The molecular formula is C13H12N4. The largest absolute Gasteiger partial charge is 0.236 e. The lowest BCUT2D eigenvalue weighted by Crippen LogP contribution is -2.03. The number of nitrogens with zero attached hydrogens (tertiary/aromatic N) is 4. The van der Waals surface area contributed by atoms with E-state index in [4.69, 9.17) is 5.26 Å². The predicted octanol–water partition coefficient (Wildman–Crippen LogP) is 2.40. The number of hydrogen-bond donors (Lipinski definition) is 0. The third kappa shape index (κ3) is 1.83. The molecule has 0 aliphatic heterocycles. The Labute approximate surface area is 99.8 Å². The molecule has 0 unspecified atom stereocenters. The van der Waals surface area contributed by atoms with Gasteiger partial charge in [-0.05, 0) is 25.5 Å². The zero-order valence-electron chi connectivity index (χ0n) is 9.81. The monoisotopic (exact) mass is 224 g/mol. The Bertz CT molecular complexity index is 617. The van der Waals surface area contributed by atoms with Crippen LogP contribution in [-0.2, 0) is 0 Å². The lowest BCUT2D eigenvalue weighted by molar-refractivity contribution is 0.815. The highest BCUT2D eigenvalue weighted by atomic mass is 15.3. The summed E-state index contributed by atoms with van der Waals surface area (Å²) in [6.45, 7) is 7.57. The summed E-state index contributed by atoms with van der Waals surface area (Å²) >= 11 is 0. The van der Waals surface area contributed by atoms with E-state index in [1.54, 1.807) is 23.2 Å². The van der Waals surface area contributed by atoms with E-state index in [1.807, 2.05) is 19.9 Å². The van der Waals surface area contributed by atoms with Crippen molar-refractivity contribution in [2.45, 2.75) is 13.8 Å². The van der Waals surface area contributed by atoms with E-state index in [0.717, 1.165) is 16.8 Å². The molecule has 0 spiro atoms. The first kappa shape index (κ1) is 11.1. The topological polar surface area (TPSA) is 54.5 Å². The van der Waals surface area contributed by atoms with E-state index >= 15 is 0 Å². The lowest BCUT2D eigenvalue weighted by Gasteiger charge is -2.05. The van der Waals surface area contributed by atoms with Gasteiger partial charge in [0.25, 0.3) is 0 Å². The zero-order valence-corrected chi connectivity index (χ0v) is 9.81. The van der Waals surface area contributed by atoms with E-state index in [0.29, 0.717) is 11.4 Å². The highest BCUT2D eigenvalue weighted by Gasteiger charge is 2.08. The van der Waals surface area contributed by atoms with Crippen LogP contribution in [0.3, 0.4) is 0 Å². The van der Waals surface area contributed by atoms with Gasteiger partial charge in [0.15, 0.2) is 5.82 Å². The fourth-order valence-corrected chi connectivity index (χ4v) is 1.63. The van der Waals surface area contributed by atoms with Crippen molar-refractivity contribution in [3.8, 4) is 11.9 Å². The summed E-state index contributed by atoms with van der Waals surface area (Å²) in [5, 5.41) is 13.1. The molecule has 0 saturated carbocycles. The Balaban J connectivity index is 2.54. The molecule has 2 aromatic rings. The second-order valence-corrected chi connectivity index (χ2v) is 3.77. The van der Waals surface area contributed by atoms with Crippen molar-refractivity contribution in [2.75, 3.05) is 0 Å². The van der Waals surface area contributed by atoms with E-state index in [9.17, 15) is 0 Å². The highest BCUT2D eigenvalue weighted by Crippen LogP contribution is 2.15. The molecule has 0 bridgehead atoms. The molecule has 0 radical (unpaired) electrons. The maximum atomic E-state index is 8.85. The Hall–Kier alpha value is -2.41. The predicted molar refractivity (Wildman–Crippen MR) is 65.6 cm³/mol. The van der Waals surface area contributed by atoms with Crippen LogP contribution in [0.15, 0.2) is 25.0 Å². The molecule has 0 saturated heterocycles. The van der Waals surface area contributed by atoms with Gasteiger partial charge in [0.2, 0.25) is 0 Å². The van der Waals surface area contributed by atoms with E-state index in [-0.39, 0.29) is 0 Å². The zero-order chi connectivity index (χ0) is 12.4. The summed E-state index contributed by atoms with van der Waals surface area (Å²) in [5.41, 5.74) is 3.44. The van der Waals surface area contributed by atoms with E-state index in [1.165, 1.54) is 0 Å². The van der Waals surface area contributed by atoms with E-state index in [2.05, 4.69) is 22.7 Å². The third-order valence-corrected chi connectivity index (χ3v) is 2.70. The molecule has 4 nitrogen and oxygen atoms in total. The van der Waals surface area contributed by atoms with Crippen molar-refractivity contribution in [2.24, 2.45) is 0 Å². The summed E-state index contributed by atoms with van der Waals surface area (Å²) in [6, 6.07) is 3.95. The Morgan fingerprint density at radius 2 is 2.18 bits per heavy atom. The molecule has 84 valence electrons. The van der Waals surface area contributed by atoms with Crippen molar-refractivity contribution < 1.29 is 0 Å². The molecule has 2 aromatic heterocycles. The Morgan fingerprint density at radius 3 is 2.71 bits per heavy atom. The number of pyridine rings is 1. The maximum Gasteiger partial charge on any atom is 0.153 e. The van der Waals surface area contributed by atoms with Crippen molar-refractivity contribution in [3.63, 3.8) is 0 Å². The van der Waals surface area contributed by atoms with Gasteiger partial charge in [-0.3, -0.25) is 0 Å². The van der Waals surface area contributed by atoms with Gasteiger partial charge in [-0.25, -0.2) is 9.67 Å². The number of aromatic nitrogens is 3. The van der Waals surface area contributed by atoms with Crippen LogP contribution in [0.25, 0.3) is 11.9 Å². The quantitative estimate of drug-likeness (QED) is 0.787. The molecule has 0 amide bonds. The van der Waals surface area contributed by atoms with Crippen LogP contribution in [0.4, 0.5) is 0 Å². The van der Waals surface area contributed by atoms with Crippen LogP contribution in [0.1, 0.15) is 22.4 Å². The number of aryl methyl sites for hydroxylation is 1. The van der Waals surface area contributed by atoms with Gasteiger partial charge in [-0.1, -0.05) is 12.7 Å². The molecule has 0 atom stereocenters. The highest BCUT2D eigenvalue weighted by molar-refractivity contribution is 5.50. The van der Waals surface area contributed by atoms with Gasteiger partial charge in [-0.2, -0.15) is 10.4 Å². The van der Waals surface area contributed by atoms with Crippen molar-refractivity contribution in [1.29, 1.82) is 5.26 Å². The summed E-state index contributed by atoms with van der Waals surface area (Å²) < 4.78 is 1.74. The average Bonchev–Trinajstić information content (AvgIpc) is 2.70. The number of rotatable bonds is 2. The first-order chi connectivity index (χ1) is 8.17. The summed E-state index contributed by atoms with van der Waals surface area (Å²) in [4.78, 5) is 4.23. The molecular weight excluding hydrogens is 212 g/mol. The van der Waals surface area contributed by atoms with Crippen LogP contribution in [0.5, 0.6) is 0 Å². The van der Waals surface area contributed by atoms with Crippen LogP contribution in [0, 0.1) is 25.2 Å². The fourth-order valence-electron chi connectivity index (χ4n) is 1.63. The van der Waals surface area contributed by atoms with Gasteiger partial charge < -0.3 is 0 Å². The van der Waals surface area contributed by atoms with Crippen LogP contribution < -0.4 is 0 Å². The van der Waals surface area contributed by atoms with Crippen molar-refractivity contribution in [3.05, 3.63) is 47.4 Å². The maximum absolute atomic E-state index is 8.85. The van der Waals surface area contributed by atoms with Gasteiger partial charge >= 0.3 is 0 Å². The minimum absolute atomic E-state index is 0.586. The average molecular weight is 224 g/mol. The summed E-state index contributed by atoms with van der Waals surface area (Å²) in [6.07, 6.45) is 5.08. The molecule has 0 N–H and O–H groups in total. The summed E-state index contributed by atoms with van der Waals surface area (Å²) in [7, 11) is 0. The molecule has 2 rings (SSSR count). The minimum Gasteiger partial charge on any atom is -0.236 e.